The van der Waals surface area contributed by atoms with Gasteiger partial charge in [-0.25, -0.2) is 17.8 Å². The molecule has 1 saturated carbocycles. The highest BCUT2D eigenvalue weighted by atomic mass is 32.2. The monoisotopic (exact) mass is 478 g/mol. The first-order chi connectivity index (χ1) is 16.4. The minimum Gasteiger partial charge on any atom is -0.494 e. The molecule has 0 N–H and O–H groups in total. The van der Waals surface area contributed by atoms with Gasteiger partial charge in [-0.2, -0.15) is 0 Å². The fourth-order valence-electron chi connectivity index (χ4n) is 4.12. The molecule has 0 radical (unpaired) electrons. The maximum atomic E-state index is 14.6. The summed E-state index contributed by atoms with van der Waals surface area (Å²) in [4.78, 5) is 17.1. The van der Waals surface area contributed by atoms with E-state index in [1.807, 2.05) is 41.0 Å². The van der Waals surface area contributed by atoms with E-state index in [1.54, 1.807) is 18.2 Å². The van der Waals surface area contributed by atoms with Crippen molar-refractivity contribution in [1.29, 1.82) is 0 Å². The molecule has 5 rings (SSSR count). The second-order valence-electron chi connectivity index (χ2n) is 8.47. The predicted octanol–water partition coefficient (Wildman–Crippen LogP) is 4.66. The summed E-state index contributed by atoms with van der Waals surface area (Å²) in [7, 11) is -2.00. The standard InChI is InChI=1S/C26H23FN2O4S/c1-33-26-13-18-12-23(17-6-3-2-4-7-17)29(24(18)14-21(26)27)15-19-8-5-9-22(28-19)25(30)16-34(31,32)20-10-11-20/h2-9,12-14,20H,10-11,15-16H2,1H3. The van der Waals surface area contributed by atoms with Gasteiger partial charge in [-0.3, -0.25) is 4.79 Å². The number of carbonyl (C=O) groups excluding carboxylic acids is 1. The molecule has 6 nitrogen and oxygen atoms in total. The van der Waals surface area contributed by atoms with E-state index in [-0.39, 0.29) is 18.0 Å². The summed E-state index contributed by atoms with van der Waals surface area (Å²) in [6.07, 6.45) is 1.24. The van der Waals surface area contributed by atoms with Crippen molar-refractivity contribution in [2.75, 3.05) is 12.9 Å². The van der Waals surface area contributed by atoms with Crippen molar-refractivity contribution in [3.63, 3.8) is 0 Å². The molecule has 2 aromatic carbocycles. The summed E-state index contributed by atoms with van der Waals surface area (Å²) in [6, 6.07) is 19.8. The van der Waals surface area contributed by atoms with Crippen molar-refractivity contribution in [3.05, 3.63) is 83.9 Å². The summed E-state index contributed by atoms with van der Waals surface area (Å²) >= 11 is 0. The van der Waals surface area contributed by atoms with Crippen molar-refractivity contribution < 1.29 is 22.3 Å². The molecule has 0 spiro atoms. The van der Waals surface area contributed by atoms with Gasteiger partial charge < -0.3 is 9.30 Å². The lowest BCUT2D eigenvalue weighted by Gasteiger charge is -2.12. The van der Waals surface area contributed by atoms with Crippen LogP contribution in [-0.4, -0.2) is 41.9 Å². The number of rotatable bonds is 8. The van der Waals surface area contributed by atoms with Gasteiger partial charge in [0.05, 0.1) is 30.1 Å². The third-order valence-corrected chi connectivity index (χ3v) is 8.17. The number of aromatic nitrogens is 2. The van der Waals surface area contributed by atoms with E-state index in [2.05, 4.69) is 4.98 Å². The van der Waals surface area contributed by atoms with Crippen LogP contribution in [0.3, 0.4) is 0 Å². The zero-order chi connectivity index (χ0) is 23.9. The van der Waals surface area contributed by atoms with Gasteiger partial charge in [0, 0.05) is 17.1 Å². The van der Waals surface area contributed by atoms with E-state index in [9.17, 15) is 17.6 Å². The number of carbonyl (C=O) groups is 1. The van der Waals surface area contributed by atoms with Crippen LogP contribution in [0.25, 0.3) is 22.2 Å². The molecule has 4 aromatic rings. The molecule has 2 heterocycles. The number of nitrogens with zero attached hydrogens (tertiary/aromatic N) is 2. The zero-order valence-corrected chi connectivity index (χ0v) is 19.4. The average molecular weight is 479 g/mol. The van der Waals surface area contributed by atoms with Gasteiger partial charge in [0.1, 0.15) is 11.4 Å². The zero-order valence-electron chi connectivity index (χ0n) is 18.6. The van der Waals surface area contributed by atoms with Gasteiger partial charge in [0.15, 0.2) is 27.2 Å². The highest BCUT2D eigenvalue weighted by Gasteiger charge is 2.37. The van der Waals surface area contributed by atoms with Gasteiger partial charge in [-0.15, -0.1) is 0 Å². The highest BCUT2D eigenvalue weighted by molar-refractivity contribution is 7.93. The number of ether oxygens (including phenoxy) is 1. The fourth-order valence-corrected chi connectivity index (χ4v) is 5.73. The quantitative estimate of drug-likeness (QED) is 0.344. The van der Waals surface area contributed by atoms with Crippen molar-refractivity contribution in [2.45, 2.75) is 24.6 Å². The van der Waals surface area contributed by atoms with E-state index in [4.69, 9.17) is 4.74 Å². The number of pyridine rings is 1. The molecule has 0 bridgehead atoms. The third-order valence-electron chi connectivity index (χ3n) is 6.02. The largest absolute Gasteiger partial charge is 0.494 e. The summed E-state index contributed by atoms with van der Waals surface area (Å²) in [5.41, 5.74) is 3.15. The molecule has 0 atom stereocenters. The van der Waals surface area contributed by atoms with E-state index >= 15 is 0 Å². The molecular formula is C26H23FN2O4S. The molecular weight excluding hydrogens is 455 g/mol. The number of sulfone groups is 1. The fraction of sp³-hybridized carbons (Fsp3) is 0.231. The van der Waals surface area contributed by atoms with Crippen LogP contribution in [0, 0.1) is 5.82 Å². The van der Waals surface area contributed by atoms with Crippen molar-refractivity contribution >= 4 is 26.5 Å². The van der Waals surface area contributed by atoms with Crippen molar-refractivity contribution in [1.82, 2.24) is 9.55 Å². The molecule has 0 amide bonds. The lowest BCUT2D eigenvalue weighted by atomic mass is 10.1. The van der Waals surface area contributed by atoms with Crippen LogP contribution in [-0.2, 0) is 16.4 Å². The Balaban J connectivity index is 1.54. The van der Waals surface area contributed by atoms with E-state index in [1.165, 1.54) is 19.2 Å². The van der Waals surface area contributed by atoms with Crippen LogP contribution in [0.15, 0.2) is 66.7 Å². The number of Topliss-reactive ketones (excluding diaryl/α,β-unsaturated/α-hetero) is 1. The number of benzene rings is 2. The van der Waals surface area contributed by atoms with Gasteiger partial charge in [-0.1, -0.05) is 36.4 Å². The molecule has 1 aliphatic carbocycles. The maximum Gasteiger partial charge on any atom is 0.196 e. The second-order valence-corrected chi connectivity index (χ2v) is 10.8. The topological polar surface area (TPSA) is 78.3 Å². The molecule has 8 heteroatoms. The third kappa shape index (κ3) is 4.33. The Kier molecular flexibility index (Phi) is 5.69. The summed E-state index contributed by atoms with van der Waals surface area (Å²) in [5, 5.41) is 0.408. The predicted molar refractivity (Wildman–Crippen MR) is 128 cm³/mol. The first-order valence-electron chi connectivity index (χ1n) is 11.0. The van der Waals surface area contributed by atoms with Crippen LogP contribution in [0.4, 0.5) is 4.39 Å². The first kappa shape index (κ1) is 22.3. The van der Waals surface area contributed by atoms with Crippen molar-refractivity contribution in [2.24, 2.45) is 0 Å². The molecule has 0 unspecified atom stereocenters. The SMILES string of the molecule is COc1cc2cc(-c3ccccc3)n(Cc3cccc(C(=O)CS(=O)(=O)C4CC4)n3)c2cc1F. The van der Waals surface area contributed by atoms with Crippen LogP contribution in [0.1, 0.15) is 29.0 Å². The number of hydrogen-bond donors (Lipinski definition) is 0. The molecule has 1 fully saturated rings. The number of methoxy groups -OCH3 is 1. The Labute approximate surface area is 196 Å². The van der Waals surface area contributed by atoms with E-state index < -0.39 is 32.4 Å². The van der Waals surface area contributed by atoms with Gasteiger partial charge in [-0.05, 0) is 42.7 Å². The van der Waals surface area contributed by atoms with Gasteiger partial charge >= 0.3 is 0 Å². The molecule has 174 valence electrons. The Morgan fingerprint density at radius 3 is 2.56 bits per heavy atom. The molecule has 0 aliphatic heterocycles. The van der Waals surface area contributed by atoms with Gasteiger partial charge in [0.25, 0.3) is 0 Å². The number of ketones is 1. The van der Waals surface area contributed by atoms with Crippen LogP contribution in [0.5, 0.6) is 5.75 Å². The minimum absolute atomic E-state index is 0.118. The lowest BCUT2D eigenvalue weighted by Crippen LogP contribution is -2.21. The van der Waals surface area contributed by atoms with Gasteiger partial charge in [0.2, 0.25) is 0 Å². The smallest absolute Gasteiger partial charge is 0.196 e. The first-order valence-corrected chi connectivity index (χ1v) is 12.7. The van der Waals surface area contributed by atoms with Crippen molar-refractivity contribution in [3.8, 4) is 17.0 Å². The van der Waals surface area contributed by atoms with Crippen LogP contribution >= 0.6 is 0 Å². The Morgan fingerprint density at radius 1 is 1.09 bits per heavy atom. The van der Waals surface area contributed by atoms with Crippen LogP contribution < -0.4 is 4.74 Å². The average Bonchev–Trinajstić information content (AvgIpc) is 3.64. The summed E-state index contributed by atoms with van der Waals surface area (Å²) < 4.78 is 46.2. The summed E-state index contributed by atoms with van der Waals surface area (Å²) in [5.74, 6) is -1.35. The highest BCUT2D eigenvalue weighted by Crippen LogP contribution is 2.33. The van der Waals surface area contributed by atoms with Crippen LogP contribution in [0.2, 0.25) is 0 Å². The molecule has 2 aromatic heterocycles. The lowest BCUT2D eigenvalue weighted by molar-refractivity contribution is 0.101. The Hall–Kier alpha value is -3.52. The van der Waals surface area contributed by atoms with E-state index in [0.29, 0.717) is 24.1 Å². The second kappa shape index (κ2) is 8.68. The molecule has 34 heavy (non-hydrogen) atoms. The number of halogens is 1. The maximum absolute atomic E-state index is 14.6. The Morgan fingerprint density at radius 2 is 1.85 bits per heavy atom. The minimum atomic E-state index is -3.43. The number of fused-ring (bicyclic) bond motifs is 1. The summed E-state index contributed by atoms with van der Waals surface area (Å²) in [6.45, 7) is 0.274. The molecule has 0 saturated heterocycles. The normalized spacial score (nSPS) is 13.8. The van der Waals surface area contributed by atoms with E-state index in [0.717, 1.165) is 16.6 Å². The Bertz CT molecular complexity index is 1490. The molecule has 1 aliphatic rings. The number of hydrogen-bond acceptors (Lipinski definition) is 5.